The Bertz CT molecular complexity index is 1000. The van der Waals surface area contributed by atoms with Crippen LogP contribution in [-0.2, 0) is 14.1 Å². The fraction of sp³-hybridized carbons (Fsp3) is 0.250. The molecule has 3 rings (SSSR count). The minimum atomic E-state index is 0.0890. The standard InChI is InChI=1S/C20H23N7O/c1-5-21-17-13-19(28)18(12-14(17)2)24-22-15-6-8-16(9-7-15)23-25-20-26(3)10-11-27(20)4/h6-13H,5H2,1-4H3,(H,21,28)/p+1. The number of hydrogen-bond donors (Lipinski definition) is 2. The first kappa shape index (κ1) is 19.2. The number of benzene rings is 2. The molecule has 8 nitrogen and oxygen atoms in total. The first-order chi connectivity index (χ1) is 13.5. The topological polar surface area (TPSA) is 90.5 Å². The summed E-state index contributed by atoms with van der Waals surface area (Å²) in [5.41, 5.74) is 3.70. The summed E-state index contributed by atoms with van der Waals surface area (Å²) in [7, 11) is 3.83. The van der Waals surface area contributed by atoms with Gasteiger partial charge in [-0.2, -0.15) is 5.11 Å². The average molecular weight is 378 g/mol. The number of phenolic OH excluding ortho intramolecular Hbond substituents is 1. The van der Waals surface area contributed by atoms with Crippen LogP contribution in [0.15, 0.2) is 69.2 Å². The Kier molecular flexibility index (Phi) is 5.78. The highest BCUT2D eigenvalue weighted by molar-refractivity contribution is 5.64. The van der Waals surface area contributed by atoms with Gasteiger partial charge in [0.05, 0.1) is 32.2 Å². The number of rotatable bonds is 6. The second-order valence-corrected chi connectivity index (χ2v) is 6.42. The summed E-state index contributed by atoms with van der Waals surface area (Å²) in [5.74, 6) is 0.835. The monoisotopic (exact) mass is 378 g/mol. The van der Waals surface area contributed by atoms with Crippen molar-refractivity contribution in [2.24, 2.45) is 34.6 Å². The lowest BCUT2D eigenvalue weighted by Gasteiger charge is -2.09. The zero-order valence-corrected chi connectivity index (χ0v) is 16.5. The van der Waals surface area contributed by atoms with Crippen molar-refractivity contribution in [3.8, 4) is 5.75 Å². The number of nitrogens with one attached hydrogen (secondary N) is 1. The molecular formula is C20H24N7O+. The summed E-state index contributed by atoms with van der Waals surface area (Å²) in [6.07, 6.45) is 3.83. The van der Waals surface area contributed by atoms with E-state index in [1.165, 1.54) is 0 Å². The van der Waals surface area contributed by atoms with E-state index in [-0.39, 0.29) is 5.75 Å². The number of hydrogen-bond acceptors (Lipinski definition) is 6. The van der Waals surface area contributed by atoms with Crippen LogP contribution >= 0.6 is 0 Å². The molecule has 144 valence electrons. The van der Waals surface area contributed by atoms with E-state index in [2.05, 4.69) is 25.8 Å². The van der Waals surface area contributed by atoms with Gasteiger partial charge in [0.2, 0.25) is 0 Å². The fourth-order valence-corrected chi connectivity index (χ4v) is 2.67. The fourth-order valence-electron chi connectivity index (χ4n) is 2.67. The SMILES string of the molecule is CCNc1cc(O)c(/N=N/c2ccc(/N=N/c3n(C)cc[n+]3C)cc2)cc1C. The molecule has 3 aromatic rings. The Balaban J connectivity index is 1.73. The second-order valence-electron chi connectivity index (χ2n) is 6.42. The van der Waals surface area contributed by atoms with Crippen LogP contribution in [0, 0.1) is 6.92 Å². The molecule has 8 heteroatoms. The van der Waals surface area contributed by atoms with Gasteiger partial charge in [0.15, 0.2) is 0 Å². The molecule has 0 amide bonds. The van der Waals surface area contributed by atoms with Crippen LogP contribution in [0.2, 0.25) is 0 Å². The molecule has 0 fully saturated rings. The third-order valence-corrected chi connectivity index (χ3v) is 4.21. The molecule has 0 spiro atoms. The maximum Gasteiger partial charge on any atom is 0.421 e. The lowest BCUT2D eigenvalue weighted by atomic mass is 10.1. The molecule has 2 aromatic carbocycles. The van der Waals surface area contributed by atoms with E-state index in [4.69, 9.17) is 0 Å². The molecule has 28 heavy (non-hydrogen) atoms. The number of imidazole rings is 1. The zero-order chi connectivity index (χ0) is 20.1. The predicted octanol–water partition coefficient (Wildman–Crippen LogP) is 5.13. The Labute approximate surface area is 163 Å². The molecule has 0 saturated carbocycles. The van der Waals surface area contributed by atoms with Gasteiger partial charge in [-0.15, -0.1) is 5.11 Å². The second kappa shape index (κ2) is 8.43. The number of nitrogens with zero attached hydrogens (tertiary/aromatic N) is 6. The largest absolute Gasteiger partial charge is 0.506 e. The smallest absolute Gasteiger partial charge is 0.421 e. The highest BCUT2D eigenvalue weighted by atomic mass is 16.3. The van der Waals surface area contributed by atoms with Crippen LogP contribution in [0.1, 0.15) is 12.5 Å². The summed E-state index contributed by atoms with van der Waals surface area (Å²) in [6.45, 7) is 4.75. The van der Waals surface area contributed by atoms with E-state index < -0.39 is 0 Å². The van der Waals surface area contributed by atoms with Gasteiger partial charge in [-0.1, -0.05) is 5.11 Å². The van der Waals surface area contributed by atoms with Crippen molar-refractivity contribution in [3.05, 3.63) is 54.4 Å². The average Bonchev–Trinajstić information content (AvgIpc) is 3.00. The molecule has 0 bridgehead atoms. The van der Waals surface area contributed by atoms with Crippen molar-refractivity contribution in [1.29, 1.82) is 0 Å². The molecule has 0 radical (unpaired) electrons. The lowest BCUT2D eigenvalue weighted by molar-refractivity contribution is -0.657. The minimum absolute atomic E-state index is 0.0890. The van der Waals surface area contributed by atoms with Gasteiger partial charge in [0.1, 0.15) is 17.1 Å². The highest BCUT2D eigenvalue weighted by Gasteiger charge is 2.10. The van der Waals surface area contributed by atoms with Crippen LogP contribution in [0.4, 0.5) is 28.7 Å². The molecule has 2 N–H and O–H groups in total. The minimum Gasteiger partial charge on any atom is -0.506 e. The van der Waals surface area contributed by atoms with Crippen LogP contribution in [0.25, 0.3) is 0 Å². The van der Waals surface area contributed by atoms with Gasteiger partial charge in [0.25, 0.3) is 0 Å². The lowest BCUT2D eigenvalue weighted by Crippen LogP contribution is -2.25. The van der Waals surface area contributed by atoms with Crippen molar-refractivity contribution in [2.45, 2.75) is 13.8 Å². The Morgan fingerprint density at radius 3 is 2.25 bits per heavy atom. The van der Waals surface area contributed by atoms with Crippen molar-refractivity contribution >= 4 is 28.7 Å². The number of anilines is 1. The van der Waals surface area contributed by atoms with Crippen LogP contribution < -0.4 is 9.88 Å². The van der Waals surface area contributed by atoms with Crippen molar-refractivity contribution in [1.82, 2.24) is 4.57 Å². The van der Waals surface area contributed by atoms with Gasteiger partial charge in [-0.3, -0.25) is 0 Å². The molecule has 0 aliphatic carbocycles. The molecule has 0 unspecified atom stereocenters. The summed E-state index contributed by atoms with van der Waals surface area (Å²) in [5, 5.41) is 30.2. The van der Waals surface area contributed by atoms with Gasteiger partial charge in [0, 0.05) is 23.4 Å². The first-order valence-electron chi connectivity index (χ1n) is 9.00. The van der Waals surface area contributed by atoms with E-state index >= 15 is 0 Å². The molecule has 1 heterocycles. The molecular weight excluding hydrogens is 354 g/mol. The molecule has 0 saturated heterocycles. The Morgan fingerprint density at radius 2 is 1.68 bits per heavy atom. The third-order valence-electron chi connectivity index (χ3n) is 4.21. The normalized spacial score (nSPS) is 11.6. The van der Waals surface area contributed by atoms with Crippen molar-refractivity contribution in [3.63, 3.8) is 0 Å². The van der Waals surface area contributed by atoms with Gasteiger partial charge < -0.3 is 10.4 Å². The molecule has 0 aliphatic heterocycles. The quantitative estimate of drug-likeness (QED) is 0.460. The molecule has 0 aliphatic rings. The van der Waals surface area contributed by atoms with Gasteiger partial charge in [-0.25, -0.2) is 9.13 Å². The number of phenols is 1. The molecule has 0 atom stereocenters. The Morgan fingerprint density at radius 1 is 1.04 bits per heavy atom. The summed E-state index contributed by atoms with van der Waals surface area (Å²) in [4.78, 5) is 0. The third kappa shape index (κ3) is 4.40. The number of aromatic hydroxyl groups is 1. The summed E-state index contributed by atoms with van der Waals surface area (Å²) >= 11 is 0. The maximum absolute atomic E-state index is 10.1. The maximum atomic E-state index is 10.1. The van der Waals surface area contributed by atoms with Gasteiger partial charge in [-0.05, 0) is 49.7 Å². The van der Waals surface area contributed by atoms with E-state index in [0.29, 0.717) is 17.1 Å². The van der Waals surface area contributed by atoms with E-state index in [1.54, 1.807) is 24.3 Å². The van der Waals surface area contributed by atoms with Crippen molar-refractivity contribution in [2.75, 3.05) is 11.9 Å². The molecule has 1 aromatic heterocycles. The zero-order valence-electron chi connectivity index (χ0n) is 16.5. The summed E-state index contributed by atoms with van der Waals surface area (Å²) in [6, 6.07) is 10.7. The summed E-state index contributed by atoms with van der Waals surface area (Å²) < 4.78 is 3.78. The van der Waals surface area contributed by atoms with E-state index in [1.807, 2.05) is 61.6 Å². The van der Waals surface area contributed by atoms with Crippen molar-refractivity contribution < 1.29 is 9.67 Å². The number of azo groups is 2. The van der Waals surface area contributed by atoms with Crippen LogP contribution in [0.3, 0.4) is 0 Å². The van der Waals surface area contributed by atoms with Crippen LogP contribution in [-0.4, -0.2) is 16.2 Å². The Hall–Kier alpha value is -3.55. The van der Waals surface area contributed by atoms with E-state index in [9.17, 15) is 5.11 Å². The number of aromatic nitrogens is 2. The number of aryl methyl sites for hydroxylation is 3. The highest BCUT2D eigenvalue weighted by Crippen LogP contribution is 2.33. The van der Waals surface area contributed by atoms with Gasteiger partial charge >= 0.3 is 5.95 Å². The predicted molar refractivity (Wildman–Crippen MR) is 108 cm³/mol. The van der Waals surface area contributed by atoms with Crippen LogP contribution in [0.5, 0.6) is 5.75 Å². The van der Waals surface area contributed by atoms with E-state index in [0.717, 1.165) is 23.7 Å². The first-order valence-corrected chi connectivity index (χ1v) is 9.00.